The van der Waals surface area contributed by atoms with Crippen molar-refractivity contribution < 1.29 is 27.2 Å². The predicted octanol–water partition coefficient (Wildman–Crippen LogP) is 2.32. The molecule has 2 aromatic carbocycles. The lowest BCUT2D eigenvalue weighted by Gasteiger charge is -2.29. The van der Waals surface area contributed by atoms with Crippen LogP contribution >= 0.6 is 0 Å². The van der Waals surface area contributed by atoms with Crippen molar-refractivity contribution in [2.24, 2.45) is 0 Å². The molecule has 0 aliphatic rings. The first kappa shape index (κ1) is 21.0. The van der Waals surface area contributed by atoms with Crippen LogP contribution in [-0.2, 0) is 14.8 Å². The molecule has 0 bridgehead atoms. The van der Waals surface area contributed by atoms with E-state index in [1.807, 2.05) is 21.1 Å². The SMILES string of the molecule is C[N+](C)(C)CC(CC(=O)O)NS(=O)(=O)c1ccc(-c2ccc(F)cc2)cc1. The summed E-state index contributed by atoms with van der Waals surface area (Å²) in [6.07, 6.45) is -0.303. The maximum Gasteiger partial charge on any atom is 0.305 e. The van der Waals surface area contributed by atoms with Gasteiger partial charge in [0.05, 0.1) is 45.0 Å². The Morgan fingerprint density at radius 3 is 1.96 bits per heavy atom. The summed E-state index contributed by atoms with van der Waals surface area (Å²) < 4.78 is 41.2. The van der Waals surface area contributed by atoms with Gasteiger partial charge in [-0.25, -0.2) is 17.5 Å². The third-order valence-electron chi connectivity index (χ3n) is 3.85. The number of carboxylic acids is 1. The molecule has 0 saturated heterocycles. The Morgan fingerprint density at radius 2 is 1.52 bits per heavy atom. The average molecular weight is 395 g/mol. The molecule has 0 heterocycles. The highest BCUT2D eigenvalue weighted by molar-refractivity contribution is 7.89. The molecule has 146 valence electrons. The maximum atomic E-state index is 13.0. The summed E-state index contributed by atoms with van der Waals surface area (Å²) in [5, 5.41) is 9.06. The molecule has 0 fully saturated rings. The van der Waals surface area contributed by atoms with Crippen molar-refractivity contribution in [3.05, 3.63) is 54.3 Å². The number of benzene rings is 2. The fraction of sp³-hybridized carbons (Fsp3) is 0.316. The quantitative estimate of drug-likeness (QED) is 0.672. The van der Waals surface area contributed by atoms with Crippen LogP contribution < -0.4 is 4.72 Å². The van der Waals surface area contributed by atoms with Crippen LogP contribution in [0.3, 0.4) is 0 Å². The second-order valence-electron chi connectivity index (χ2n) is 7.42. The summed E-state index contributed by atoms with van der Waals surface area (Å²) in [6, 6.07) is 11.3. The van der Waals surface area contributed by atoms with Gasteiger partial charge >= 0.3 is 5.97 Å². The fourth-order valence-corrected chi connectivity index (χ4v) is 4.00. The van der Waals surface area contributed by atoms with E-state index < -0.39 is 22.0 Å². The number of sulfonamides is 1. The monoisotopic (exact) mass is 395 g/mol. The summed E-state index contributed by atoms with van der Waals surface area (Å²) >= 11 is 0. The lowest BCUT2D eigenvalue weighted by molar-refractivity contribution is -0.871. The second kappa shape index (κ2) is 8.16. The zero-order chi connectivity index (χ0) is 20.2. The van der Waals surface area contributed by atoms with Crippen LogP contribution in [-0.4, -0.2) is 57.7 Å². The number of carbonyl (C=O) groups is 1. The summed E-state index contributed by atoms with van der Waals surface area (Å²) in [7, 11) is 1.72. The first-order valence-electron chi connectivity index (χ1n) is 8.37. The van der Waals surface area contributed by atoms with Crippen molar-refractivity contribution in [2.75, 3.05) is 27.7 Å². The largest absolute Gasteiger partial charge is 0.481 e. The van der Waals surface area contributed by atoms with Gasteiger partial charge in [-0.3, -0.25) is 4.79 Å². The highest BCUT2D eigenvalue weighted by Crippen LogP contribution is 2.22. The normalized spacial score (nSPS) is 13.3. The number of quaternary nitrogens is 1. The van der Waals surface area contributed by atoms with Gasteiger partial charge in [0.25, 0.3) is 0 Å². The molecule has 0 radical (unpaired) electrons. The highest BCUT2D eigenvalue weighted by Gasteiger charge is 2.26. The van der Waals surface area contributed by atoms with Crippen LogP contribution in [0, 0.1) is 5.82 Å². The second-order valence-corrected chi connectivity index (χ2v) is 9.13. The van der Waals surface area contributed by atoms with Crippen LogP contribution in [0.5, 0.6) is 0 Å². The molecule has 0 spiro atoms. The summed E-state index contributed by atoms with van der Waals surface area (Å²) in [4.78, 5) is 11.1. The van der Waals surface area contributed by atoms with Gasteiger partial charge in [-0.2, -0.15) is 0 Å². The molecule has 0 saturated carbocycles. The van der Waals surface area contributed by atoms with Gasteiger partial charge in [0.2, 0.25) is 10.0 Å². The van der Waals surface area contributed by atoms with Crippen LogP contribution in [0.15, 0.2) is 53.4 Å². The predicted molar refractivity (Wildman–Crippen MR) is 101 cm³/mol. The minimum Gasteiger partial charge on any atom is -0.481 e. The summed E-state index contributed by atoms with van der Waals surface area (Å²) in [5.74, 6) is -1.41. The van der Waals surface area contributed by atoms with Gasteiger partial charge in [0, 0.05) is 0 Å². The topological polar surface area (TPSA) is 83.5 Å². The number of rotatable bonds is 8. The molecule has 0 amide bonds. The van der Waals surface area contributed by atoms with Gasteiger partial charge in [-0.15, -0.1) is 0 Å². The van der Waals surface area contributed by atoms with E-state index in [1.54, 1.807) is 24.3 Å². The molecular formula is C19H24FN2O4S+. The number of aliphatic carboxylic acids is 1. The molecule has 6 nitrogen and oxygen atoms in total. The highest BCUT2D eigenvalue weighted by atomic mass is 32.2. The van der Waals surface area contributed by atoms with E-state index in [2.05, 4.69) is 4.72 Å². The number of nitrogens with one attached hydrogen (secondary N) is 1. The Bertz CT molecular complexity index is 889. The Balaban J connectivity index is 2.21. The van der Waals surface area contributed by atoms with Crippen molar-refractivity contribution in [3.63, 3.8) is 0 Å². The number of nitrogens with zero attached hydrogens (tertiary/aromatic N) is 1. The molecular weight excluding hydrogens is 371 g/mol. The number of likely N-dealkylation sites (N-methyl/N-ethyl adjacent to an activating group) is 1. The van der Waals surface area contributed by atoms with E-state index in [-0.39, 0.29) is 17.1 Å². The first-order valence-corrected chi connectivity index (χ1v) is 9.85. The Morgan fingerprint density at radius 1 is 1.04 bits per heavy atom. The van der Waals surface area contributed by atoms with Crippen molar-refractivity contribution >= 4 is 16.0 Å². The average Bonchev–Trinajstić information content (AvgIpc) is 2.53. The van der Waals surface area contributed by atoms with E-state index in [4.69, 9.17) is 5.11 Å². The van der Waals surface area contributed by atoms with E-state index in [9.17, 15) is 17.6 Å². The van der Waals surface area contributed by atoms with Crippen molar-refractivity contribution in [1.82, 2.24) is 4.72 Å². The Labute approximate surface area is 158 Å². The van der Waals surface area contributed by atoms with Crippen LogP contribution in [0.4, 0.5) is 4.39 Å². The summed E-state index contributed by atoms with van der Waals surface area (Å²) in [5.41, 5.74) is 1.52. The Kier molecular flexibility index (Phi) is 6.35. The number of hydrogen-bond acceptors (Lipinski definition) is 3. The van der Waals surface area contributed by atoms with Gasteiger partial charge < -0.3 is 9.59 Å². The zero-order valence-corrected chi connectivity index (χ0v) is 16.3. The molecule has 0 aliphatic heterocycles. The molecule has 2 N–H and O–H groups in total. The van der Waals surface area contributed by atoms with E-state index in [0.717, 1.165) is 11.1 Å². The minimum absolute atomic E-state index is 0.0464. The van der Waals surface area contributed by atoms with E-state index in [0.29, 0.717) is 11.0 Å². The van der Waals surface area contributed by atoms with Crippen molar-refractivity contribution in [2.45, 2.75) is 17.4 Å². The third kappa shape index (κ3) is 6.42. The molecule has 1 atom stereocenters. The molecule has 2 rings (SSSR count). The van der Waals surface area contributed by atoms with Crippen LogP contribution in [0.2, 0.25) is 0 Å². The van der Waals surface area contributed by atoms with Gasteiger partial charge in [0.15, 0.2) is 0 Å². The molecule has 1 unspecified atom stereocenters. The minimum atomic E-state index is -3.87. The molecule has 27 heavy (non-hydrogen) atoms. The standard InChI is InChI=1S/C19H23FN2O4S/c1-22(2,3)13-17(12-19(23)24)21-27(25,26)18-10-6-15(7-11-18)14-4-8-16(20)9-5-14/h4-11,17,21H,12-13H2,1-3H3/p+1. The molecule has 8 heteroatoms. The van der Waals surface area contributed by atoms with E-state index >= 15 is 0 Å². The van der Waals surface area contributed by atoms with E-state index in [1.165, 1.54) is 24.3 Å². The molecule has 2 aromatic rings. The summed E-state index contributed by atoms with van der Waals surface area (Å²) in [6.45, 7) is 0.333. The van der Waals surface area contributed by atoms with Crippen molar-refractivity contribution in [3.8, 4) is 11.1 Å². The van der Waals surface area contributed by atoms with Gasteiger partial charge in [-0.1, -0.05) is 24.3 Å². The molecule has 0 aromatic heterocycles. The van der Waals surface area contributed by atoms with Crippen molar-refractivity contribution in [1.29, 1.82) is 0 Å². The lowest BCUT2D eigenvalue weighted by atomic mass is 10.1. The van der Waals surface area contributed by atoms with Crippen LogP contribution in [0.25, 0.3) is 11.1 Å². The number of halogens is 1. The number of hydrogen-bond donors (Lipinski definition) is 2. The van der Waals surface area contributed by atoms with Crippen LogP contribution in [0.1, 0.15) is 6.42 Å². The maximum absolute atomic E-state index is 13.0. The molecule has 0 aliphatic carbocycles. The van der Waals surface area contributed by atoms with Gasteiger partial charge in [0.1, 0.15) is 5.82 Å². The number of carboxylic acid groups (broad SMARTS) is 1. The Hall–Kier alpha value is -2.29. The third-order valence-corrected chi connectivity index (χ3v) is 5.39. The lowest BCUT2D eigenvalue weighted by Crippen LogP contribution is -2.49. The first-order chi connectivity index (χ1) is 12.5. The fourth-order valence-electron chi connectivity index (χ4n) is 2.77. The zero-order valence-electron chi connectivity index (χ0n) is 15.5. The smallest absolute Gasteiger partial charge is 0.305 e. The van der Waals surface area contributed by atoms with Gasteiger partial charge in [-0.05, 0) is 35.4 Å².